The van der Waals surface area contributed by atoms with Crippen molar-refractivity contribution in [2.24, 2.45) is 0 Å². The van der Waals surface area contributed by atoms with Crippen LogP contribution in [-0.4, -0.2) is 18.4 Å². The smallest absolute Gasteiger partial charge is 0.348 e. The lowest BCUT2D eigenvalue weighted by molar-refractivity contribution is 0.0479. The van der Waals surface area contributed by atoms with Crippen LogP contribution in [0.1, 0.15) is 25.6 Å². The van der Waals surface area contributed by atoms with Crippen LogP contribution < -0.4 is 4.74 Å². The minimum Gasteiger partial charge on any atom is -0.488 e. The van der Waals surface area contributed by atoms with Crippen LogP contribution in [0.2, 0.25) is 0 Å². The topological polar surface area (TPSA) is 52.6 Å². The van der Waals surface area contributed by atoms with Gasteiger partial charge in [0.25, 0.3) is 0 Å². The first kappa shape index (κ1) is 15.6. The van der Waals surface area contributed by atoms with Crippen molar-refractivity contribution in [2.75, 3.05) is 6.61 Å². The SMILES string of the molecule is O=C(COC(=O)c1cc2c(s1)-c1ccccc1OC2)c1ccccc1. The van der Waals surface area contributed by atoms with E-state index in [9.17, 15) is 9.59 Å². The summed E-state index contributed by atoms with van der Waals surface area (Å²) in [6, 6.07) is 18.3. The summed E-state index contributed by atoms with van der Waals surface area (Å²) in [4.78, 5) is 25.8. The van der Waals surface area contributed by atoms with Gasteiger partial charge < -0.3 is 9.47 Å². The van der Waals surface area contributed by atoms with Crippen LogP contribution in [0.25, 0.3) is 10.4 Å². The van der Waals surface area contributed by atoms with Gasteiger partial charge >= 0.3 is 5.97 Å². The van der Waals surface area contributed by atoms with Gasteiger partial charge in [-0.2, -0.15) is 0 Å². The maximum absolute atomic E-state index is 12.3. The summed E-state index contributed by atoms with van der Waals surface area (Å²) in [5.74, 6) is 0.112. The number of hydrogen-bond donors (Lipinski definition) is 0. The Morgan fingerprint density at radius 1 is 1.04 bits per heavy atom. The standard InChI is InChI=1S/C20H14O4S/c21-16(13-6-2-1-3-7-13)12-24-20(22)18-10-14-11-23-17-9-5-4-8-15(17)19(14)25-18/h1-10H,11-12H2. The second-order valence-electron chi connectivity index (χ2n) is 5.62. The Bertz CT molecular complexity index is 943. The van der Waals surface area contributed by atoms with E-state index in [1.807, 2.05) is 30.3 Å². The molecule has 4 rings (SSSR count). The fourth-order valence-corrected chi connectivity index (χ4v) is 3.80. The Balaban J connectivity index is 1.49. The molecule has 1 aliphatic heterocycles. The van der Waals surface area contributed by atoms with E-state index in [0.717, 1.165) is 21.8 Å². The van der Waals surface area contributed by atoms with Crippen LogP contribution in [0.15, 0.2) is 60.7 Å². The highest BCUT2D eigenvalue weighted by Crippen LogP contribution is 2.42. The number of fused-ring (bicyclic) bond motifs is 3. The molecule has 1 aliphatic rings. The molecule has 0 unspecified atom stereocenters. The molecule has 0 bridgehead atoms. The second kappa shape index (κ2) is 6.53. The molecule has 0 amide bonds. The Kier molecular flexibility index (Phi) is 4.07. The molecular weight excluding hydrogens is 336 g/mol. The van der Waals surface area contributed by atoms with E-state index in [0.29, 0.717) is 17.0 Å². The molecule has 124 valence electrons. The van der Waals surface area contributed by atoms with Gasteiger partial charge in [-0.3, -0.25) is 4.79 Å². The van der Waals surface area contributed by atoms with Crippen molar-refractivity contribution in [3.63, 3.8) is 0 Å². The number of benzene rings is 2. The van der Waals surface area contributed by atoms with Gasteiger partial charge in [0.15, 0.2) is 12.4 Å². The lowest BCUT2D eigenvalue weighted by Crippen LogP contribution is -2.13. The summed E-state index contributed by atoms with van der Waals surface area (Å²) in [5.41, 5.74) is 2.47. The first-order chi connectivity index (χ1) is 12.2. The third-order valence-corrected chi connectivity index (χ3v) is 5.15. The fourth-order valence-electron chi connectivity index (χ4n) is 2.71. The number of thiophene rings is 1. The van der Waals surface area contributed by atoms with Crippen molar-refractivity contribution < 1.29 is 19.1 Å². The van der Waals surface area contributed by atoms with E-state index in [2.05, 4.69) is 0 Å². The number of rotatable bonds is 4. The summed E-state index contributed by atoms with van der Waals surface area (Å²) in [7, 11) is 0. The van der Waals surface area contributed by atoms with Crippen LogP contribution >= 0.6 is 11.3 Å². The number of ketones is 1. The minimum absolute atomic E-state index is 0.219. The molecule has 0 atom stereocenters. The molecule has 0 aliphatic carbocycles. The number of hydrogen-bond acceptors (Lipinski definition) is 5. The molecule has 2 heterocycles. The van der Waals surface area contributed by atoms with Gasteiger partial charge in [-0.15, -0.1) is 11.3 Å². The summed E-state index contributed by atoms with van der Waals surface area (Å²) in [6.45, 7) is 0.164. The Labute approximate surface area is 148 Å². The Morgan fingerprint density at radius 3 is 2.64 bits per heavy atom. The number of esters is 1. The zero-order chi connectivity index (χ0) is 17.2. The molecule has 0 spiro atoms. The molecular formula is C20H14O4S. The number of ether oxygens (including phenoxy) is 2. The van der Waals surface area contributed by atoms with Crippen LogP contribution in [0.4, 0.5) is 0 Å². The predicted molar refractivity (Wildman–Crippen MR) is 95.1 cm³/mol. The average Bonchev–Trinajstić information content (AvgIpc) is 3.11. The van der Waals surface area contributed by atoms with Gasteiger partial charge in [0, 0.05) is 21.6 Å². The molecule has 0 radical (unpaired) electrons. The molecule has 0 fully saturated rings. The van der Waals surface area contributed by atoms with E-state index in [1.54, 1.807) is 30.3 Å². The molecule has 5 heteroatoms. The van der Waals surface area contributed by atoms with Crippen LogP contribution in [-0.2, 0) is 11.3 Å². The minimum atomic E-state index is -0.485. The van der Waals surface area contributed by atoms with Gasteiger partial charge in [-0.25, -0.2) is 4.79 Å². The highest BCUT2D eigenvalue weighted by atomic mass is 32.1. The largest absolute Gasteiger partial charge is 0.488 e. The van der Waals surface area contributed by atoms with Crippen LogP contribution in [0, 0.1) is 0 Å². The van der Waals surface area contributed by atoms with Crippen molar-refractivity contribution in [3.8, 4) is 16.2 Å². The maximum atomic E-state index is 12.3. The molecule has 0 N–H and O–H groups in total. The summed E-state index contributed by atoms with van der Waals surface area (Å²) in [6.07, 6.45) is 0. The fraction of sp³-hybridized carbons (Fsp3) is 0.100. The average molecular weight is 350 g/mol. The van der Waals surface area contributed by atoms with Gasteiger partial charge in [-0.1, -0.05) is 42.5 Å². The van der Waals surface area contributed by atoms with Crippen molar-refractivity contribution in [1.29, 1.82) is 0 Å². The lowest BCUT2D eigenvalue weighted by Gasteiger charge is -2.16. The summed E-state index contributed by atoms with van der Waals surface area (Å²) in [5, 5.41) is 0. The molecule has 3 aromatic rings. The van der Waals surface area contributed by atoms with Gasteiger partial charge in [-0.05, 0) is 18.2 Å². The van der Waals surface area contributed by atoms with E-state index in [-0.39, 0.29) is 12.4 Å². The maximum Gasteiger partial charge on any atom is 0.348 e. The highest BCUT2D eigenvalue weighted by molar-refractivity contribution is 7.17. The number of Topliss-reactive ketones (excluding diaryl/α,β-unsaturated/α-hetero) is 1. The predicted octanol–water partition coefficient (Wildman–Crippen LogP) is 4.35. The summed E-state index contributed by atoms with van der Waals surface area (Å²) >= 11 is 1.37. The molecule has 25 heavy (non-hydrogen) atoms. The van der Waals surface area contributed by atoms with Crippen molar-refractivity contribution >= 4 is 23.1 Å². The van der Waals surface area contributed by atoms with Gasteiger partial charge in [0.05, 0.1) is 0 Å². The Morgan fingerprint density at radius 2 is 1.80 bits per heavy atom. The van der Waals surface area contributed by atoms with Crippen molar-refractivity contribution in [2.45, 2.75) is 6.61 Å². The molecule has 1 aromatic heterocycles. The molecule has 4 nitrogen and oxygen atoms in total. The third kappa shape index (κ3) is 3.06. The van der Waals surface area contributed by atoms with E-state index in [1.165, 1.54) is 11.3 Å². The zero-order valence-electron chi connectivity index (χ0n) is 13.2. The number of para-hydroxylation sites is 1. The Hall–Kier alpha value is -2.92. The number of carbonyl (C=O) groups excluding carboxylic acids is 2. The van der Waals surface area contributed by atoms with Crippen LogP contribution in [0.3, 0.4) is 0 Å². The number of carbonyl (C=O) groups is 2. The molecule has 2 aromatic carbocycles. The monoisotopic (exact) mass is 350 g/mol. The first-order valence-electron chi connectivity index (χ1n) is 7.82. The van der Waals surface area contributed by atoms with Gasteiger partial charge in [0.1, 0.15) is 17.2 Å². The van der Waals surface area contributed by atoms with E-state index >= 15 is 0 Å². The van der Waals surface area contributed by atoms with Gasteiger partial charge in [0.2, 0.25) is 0 Å². The molecule has 0 saturated heterocycles. The normalized spacial score (nSPS) is 11.8. The second-order valence-corrected chi connectivity index (χ2v) is 6.67. The third-order valence-electron chi connectivity index (χ3n) is 3.96. The zero-order valence-corrected chi connectivity index (χ0v) is 14.0. The van der Waals surface area contributed by atoms with E-state index < -0.39 is 5.97 Å². The van der Waals surface area contributed by atoms with Crippen molar-refractivity contribution in [1.82, 2.24) is 0 Å². The van der Waals surface area contributed by atoms with Crippen LogP contribution in [0.5, 0.6) is 5.75 Å². The van der Waals surface area contributed by atoms with E-state index in [4.69, 9.17) is 9.47 Å². The first-order valence-corrected chi connectivity index (χ1v) is 8.64. The lowest BCUT2D eigenvalue weighted by atomic mass is 10.1. The highest BCUT2D eigenvalue weighted by Gasteiger charge is 2.23. The quantitative estimate of drug-likeness (QED) is 0.519. The van der Waals surface area contributed by atoms with Crippen molar-refractivity contribution in [3.05, 3.63) is 76.7 Å². The molecule has 0 saturated carbocycles. The summed E-state index contributed by atoms with van der Waals surface area (Å²) < 4.78 is 10.9.